The number of benzene rings is 3. The summed E-state index contributed by atoms with van der Waals surface area (Å²) in [5.74, 6) is 1.51. The quantitative estimate of drug-likeness (QED) is 0.518. The van der Waals surface area contributed by atoms with Crippen LogP contribution in [-0.4, -0.2) is 66.5 Å². The Morgan fingerprint density at radius 3 is 2.50 bits per heavy atom. The Balaban J connectivity index is 1.43. The number of hydrogen-bond donors (Lipinski definition) is 1. The SMILES string of the molecule is C[C@H]1CN([C@@H](C)CO)C(=O)c2ccccc2-c2ccccc2CO[C@H]1CN(C)Cc1ccc2c(c1)OCO2. The molecule has 0 spiro atoms. The fourth-order valence-electron chi connectivity index (χ4n) is 5.27. The van der Waals surface area contributed by atoms with Crippen LogP contribution in [-0.2, 0) is 17.9 Å². The third kappa shape index (κ3) is 5.55. The van der Waals surface area contributed by atoms with Crippen LogP contribution in [0, 0.1) is 5.92 Å². The predicted octanol–water partition coefficient (Wildman–Crippen LogP) is 4.57. The molecular weight excluding hydrogens is 480 g/mol. The third-order valence-corrected chi connectivity index (χ3v) is 7.48. The van der Waals surface area contributed by atoms with Gasteiger partial charge < -0.3 is 24.2 Å². The first-order valence-electron chi connectivity index (χ1n) is 13.2. The topological polar surface area (TPSA) is 71.5 Å². The molecule has 3 atom stereocenters. The van der Waals surface area contributed by atoms with E-state index in [-0.39, 0.29) is 37.4 Å². The number of rotatable bonds is 6. The third-order valence-electron chi connectivity index (χ3n) is 7.48. The zero-order valence-corrected chi connectivity index (χ0v) is 22.3. The summed E-state index contributed by atoms with van der Waals surface area (Å²) in [4.78, 5) is 18.0. The summed E-state index contributed by atoms with van der Waals surface area (Å²) in [6.45, 7) is 6.50. The predicted molar refractivity (Wildman–Crippen MR) is 146 cm³/mol. The van der Waals surface area contributed by atoms with Crippen molar-refractivity contribution in [2.45, 2.75) is 39.1 Å². The molecule has 38 heavy (non-hydrogen) atoms. The van der Waals surface area contributed by atoms with Crippen LogP contribution in [0.15, 0.2) is 66.7 Å². The zero-order chi connectivity index (χ0) is 26.6. The van der Waals surface area contributed by atoms with Crippen molar-refractivity contribution in [3.63, 3.8) is 0 Å². The van der Waals surface area contributed by atoms with Crippen LogP contribution >= 0.6 is 0 Å². The van der Waals surface area contributed by atoms with Crippen molar-refractivity contribution in [1.29, 1.82) is 0 Å². The van der Waals surface area contributed by atoms with E-state index in [2.05, 4.69) is 31.0 Å². The fourth-order valence-corrected chi connectivity index (χ4v) is 5.27. The van der Waals surface area contributed by atoms with Crippen molar-refractivity contribution in [3.8, 4) is 22.6 Å². The Morgan fingerprint density at radius 2 is 1.71 bits per heavy atom. The van der Waals surface area contributed by atoms with Gasteiger partial charge in [0.15, 0.2) is 11.5 Å². The first-order chi connectivity index (χ1) is 18.4. The van der Waals surface area contributed by atoms with E-state index in [1.165, 1.54) is 0 Å². The van der Waals surface area contributed by atoms with E-state index in [1.807, 2.05) is 61.5 Å². The first kappa shape index (κ1) is 26.2. The van der Waals surface area contributed by atoms with Gasteiger partial charge in [-0.2, -0.15) is 0 Å². The Kier molecular flexibility index (Phi) is 7.98. The number of fused-ring (bicyclic) bond motifs is 4. The first-order valence-corrected chi connectivity index (χ1v) is 13.2. The van der Waals surface area contributed by atoms with Gasteiger partial charge in [-0.1, -0.05) is 55.5 Å². The molecule has 2 aliphatic rings. The molecule has 7 nitrogen and oxygen atoms in total. The molecule has 3 aromatic rings. The number of aliphatic hydroxyl groups excluding tert-OH is 1. The number of likely N-dealkylation sites (N-methyl/N-ethyl adjacent to an activating group) is 1. The highest BCUT2D eigenvalue weighted by Crippen LogP contribution is 2.33. The zero-order valence-electron chi connectivity index (χ0n) is 22.3. The smallest absolute Gasteiger partial charge is 0.254 e. The Labute approximate surface area is 224 Å². The van der Waals surface area contributed by atoms with Gasteiger partial charge in [-0.05, 0) is 54.4 Å². The molecule has 2 aliphatic heterocycles. The number of carbonyl (C=O) groups excluding carboxylic acids is 1. The highest BCUT2D eigenvalue weighted by atomic mass is 16.7. The van der Waals surface area contributed by atoms with E-state index in [4.69, 9.17) is 14.2 Å². The molecule has 0 bridgehead atoms. The molecule has 5 rings (SSSR count). The second-order valence-corrected chi connectivity index (χ2v) is 10.4. The summed E-state index contributed by atoms with van der Waals surface area (Å²) in [7, 11) is 2.08. The van der Waals surface area contributed by atoms with Crippen molar-refractivity contribution in [2.75, 3.05) is 33.5 Å². The highest BCUT2D eigenvalue weighted by molar-refractivity contribution is 6.01. The van der Waals surface area contributed by atoms with Crippen LogP contribution in [0.25, 0.3) is 11.1 Å². The maximum Gasteiger partial charge on any atom is 0.254 e. The average molecular weight is 517 g/mol. The van der Waals surface area contributed by atoms with Crippen LogP contribution in [0.1, 0.15) is 35.3 Å². The van der Waals surface area contributed by atoms with Crippen molar-refractivity contribution >= 4 is 5.91 Å². The Morgan fingerprint density at radius 1 is 1.00 bits per heavy atom. The molecule has 2 heterocycles. The highest BCUT2D eigenvalue weighted by Gasteiger charge is 2.30. The van der Waals surface area contributed by atoms with Gasteiger partial charge >= 0.3 is 0 Å². The molecule has 0 fully saturated rings. The van der Waals surface area contributed by atoms with Gasteiger partial charge in [0.05, 0.1) is 25.4 Å². The summed E-state index contributed by atoms with van der Waals surface area (Å²) >= 11 is 0. The van der Waals surface area contributed by atoms with E-state index in [9.17, 15) is 9.90 Å². The minimum atomic E-state index is -0.319. The lowest BCUT2D eigenvalue weighted by molar-refractivity contribution is -0.0241. The van der Waals surface area contributed by atoms with Gasteiger partial charge in [-0.25, -0.2) is 0 Å². The number of carbonyl (C=O) groups is 1. The van der Waals surface area contributed by atoms with E-state index >= 15 is 0 Å². The van der Waals surface area contributed by atoms with E-state index in [0.29, 0.717) is 25.3 Å². The Hall–Kier alpha value is -3.39. The molecule has 0 saturated heterocycles. The fraction of sp³-hybridized carbons (Fsp3) is 0.387. The molecular formula is C31H36N2O5. The minimum absolute atomic E-state index is 0.0320. The monoisotopic (exact) mass is 516 g/mol. The lowest BCUT2D eigenvalue weighted by Gasteiger charge is -2.35. The molecule has 7 heteroatoms. The van der Waals surface area contributed by atoms with Gasteiger partial charge in [0.2, 0.25) is 6.79 Å². The normalized spacial score (nSPS) is 20.0. The second-order valence-electron chi connectivity index (χ2n) is 10.4. The number of aliphatic hydroxyl groups is 1. The summed E-state index contributed by atoms with van der Waals surface area (Å²) in [5, 5.41) is 10.0. The van der Waals surface area contributed by atoms with Crippen LogP contribution in [0.4, 0.5) is 0 Å². The van der Waals surface area contributed by atoms with Crippen molar-refractivity contribution in [3.05, 3.63) is 83.4 Å². The molecule has 200 valence electrons. The van der Waals surface area contributed by atoms with Crippen LogP contribution in [0.3, 0.4) is 0 Å². The number of amides is 1. The van der Waals surface area contributed by atoms with Gasteiger partial charge in [0.1, 0.15) is 0 Å². The standard InChI is InChI=1S/C31H36N2O5/c1-21-15-33(22(2)18-34)31(35)27-11-7-6-10-26(27)25-9-5-4-8-24(25)19-36-30(21)17-32(3)16-23-12-13-28-29(14-23)38-20-37-28/h4-14,21-22,30,34H,15-20H2,1-3H3/t21-,22-,30-/m0/s1. The van der Waals surface area contributed by atoms with Crippen LogP contribution in [0.5, 0.6) is 11.5 Å². The van der Waals surface area contributed by atoms with E-state index in [0.717, 1.165) is 40.3 Å². The number of ether oxygens (including phenoxy) is 3. The maximum absolute atomic E-state index is 13.9. The van der Waals surface area contributed by atoms with Crippen molar-refractivity contribution < 1.29 is 24.1 Å². The van der Waals surface area contributed by atoms with Gasteiger partial charge in [-0.3, -0.25) is 9.69 Å². The lowest BCUT2D eigenvalue weighted by Crippen LogP contribution is -2.47. The average Bonchev–Trinajstić information content (AvgIpc) is 3.40. The molecule has 0 unspecified atom stereocenters. The number of hydrogen-bond acceptors (Lipinski definition) is 6. The molecule has 0 saturated carbocycles. The van der Waals surface area contributed by atoms with E-state index in [1.54, 1.807) is 4.90 Å². The summed E-state index contributed by atoms with van der Waals surface area (Å²) in [6.07, 6.45) is -0.135. The van der Waals surface area contributed by atoms with Crippen LogP contribution in [0.2, 0.25) is 0 Å². The molecule has 0 radical (unpaired) electrons. The van der Waals surface area contributed by atoms with Gasteiger partial charge in [0.25, 0.3) is 5.91 Å². The minimum Gasteiger partial charge on any atom is -0.454 e. The summed E-state index contributed by atoms with van der Waals surface area (Å²) in [5.41, 5.74) is 4.71. The van der Waals surface area contributed by atoms with Crippen molar-refractivity contribution in [2.24, 2.45) is 5.92 Å². The molecule has 1 N–H and O–H groups in total. The van der Waals surface area contributed by atoms with E-state index < -0.39 is 0 Å². The molecule has 0 aromatic heterocycles. The summed E-state index contributed by atoms with van der Waals surface area (Å²) in [6, 6.07) is 21.6. The second kappa shape index (κ2) is 11.6. The van der Waals surface area contributed by atoms with Crippen LogP contribution < -0.4 is 9.47 Å². The molecule has 3 aromatic carbocycles. The largest absolute Gasteiger partial charge is 0.454 e. The lowest BCUT2D eigenvalue weighted by atomic mass is 9.94. The van der Waals surface area contributed by atoms with Gasteiger partial charge in [0, 0.05) is 31.1 Å². The summed E-state index contributed by atoms with van der Waals surface area (Å²) < 4.78 is 17.6. The maximum atomic E-state index is 13.9. The van der Waals surface area contributed by atoms with Gasteiger partial charge in [-0.15, -0.1) is 0 Å². The molecule has 1 amide bonds. The number of nitrogens with zero attached hydrogens (tertiary/aromatic N) is 2. The molecule has 0 aliphatic carbocycles. The van der Waals surface area contributed by atoms with Crippen molar-refractivity contribution in [1.82, 2.24) is 9.80 Å². The Bertz CT molecular complexity index is 1280.